The second-order valence-corrected chi connectivity index (χ2v) is 7.25. The highest BCUT2D eigenvalue weighted by Crippen LogP contribution is 2.25. The van der Waals surface area contributed by atoms with Crippen molar-refractivity contribution in [1.82, 2.24) is 14.4 Å². The minimum Gasteiger partial charge on any atom is -0.492 e. The van der Waals surface area contributed by atoms with Crippen molar-refractivity contribution in [2.75, 3.05) is 32.8 Å². The molecule has 1 saturated heterocycles. The van der Waals surface area contributed by atoms with Gasteiger partial charge < -0.3 is 23.5 Å². The Morgan fingerprint density at radius 3 is 2.41 bits per heavy atom. The Morgan fingerprint density at radius 1 is 1.03 bits per heavy atom. The van der Waals surface area contributed by atoms with Gasteiger partial charge in [-0.25, -0.2) is 0 Å². The fourth-order valence-electron chi connectivity index (χ4n) is 3.74. The molecule has 4 rings (SSSR count). The van der Waals surface area contributed by atoms with Crippen molar-refractivity contribution in [3.63, 3.8) is 0 Å². The average molecular weight is 395 g/mol. The predicted molar refractivity (Wildman–Crippen MR) is 109 cm³/mol. The van der Waals surface area contributed by atoms with Crippen LogP contribution in [0.25, 0.3) is 11.1 Å². The normalized spacial score (nSPS) is 14.4. The quantitative estimate of drug-likeness (QED) is 0.666. The number of hydrogen-bond acceptors (Lipinski definition) is 4. The van der Waals surface area contributed by atoms with E-state index in [1.165, 1.54) is 0 Å². The van der Waals surface area contributed by atoms with Crippen LogP contribution in [0.5, 0.6) is 5.75 Å². The molecule has 0 aliphatic carbocycles. The Bertz CT molecular complexity index is 1010. The van der Waals surface area contributed by atoms with Crippen molar-refractivity contribution in [3.05, 3.63) is 53.9 Å². The smallest absolute Gasteiger partial charge is 0.270 e. The lowest BCUT2D eigenvalue weighted by Crippen LogP contribution is -2.50. The number of aryl methyl sites for hydroxylation is 1. The van der Waals surface area contributed by atoms with Crippen LogP contribution in [-0.2, 0) is 11.3 Å². The van der Waals surface area contributed by atoms with Crippen molar-refractivity contribution in [1.29, 1.82) is 0 Å². The highest BCUT2D eigenvalue weighted by Gasteiger charge is 2.27. The molecule has 0 bridgehead atoms. The minimum absolute atomic E-state index is 0.0445. The van der Waals surface area contributed by atoms with Crippen LogP contribution in [0.15, 0.2) is 46.9 Å². The number of amides is 2. The van der Waals surface area contributed by atoms with E-state index in [-0.39, 0.29) is 11.8 Å². The number of rotatable bonds is 5. The molecule has 2 aromatic heterocycles. The Kier molecular flexibility index (Phi) is 5.29. The van der Waals surface area contributed by atoms with Crippen LogP contribution in [0.2, 0.25) is 0 Å². The number of aromatic nitrogens is 1. The molecule has 152 valence electrons. The first kappa shape index (κ1) is 19.1. The van der Waals surface area contributed by atoms with Crippen molar-refractivity contribution < 1.29 is 18.7 Å². The molecule has 1 aliphatic heterocycles. The van der Waals surface area contributed by atoms with E-state index in [0.717, 1.165) is 17.0 Å². The van der Waals surface area contributed by atoms with Crippen LogP contribution in [0.1, 0.15) is 23.2 Å². The fourth-order valence-corrected chi connectivity index (χ4v) is 3.74. The third kappa shape index (κ3) is 3.99. The third-order valence-corrected chi connectivity index (χ3v) is 5.27. The molecule has 2 amide bonds. The van der Waals surface area contributed by atoms with Crippen molar-refractivity contribution in [2.24, 2.45) is 0 Å². The summed E-state index contributed by atoms with van der Waals surface area (Å²) in [4.78, 5) is 28.3. The average Bonchev–Trinajstić information content (AvgIpc) is 3.25. The number of piperazine rings is 1. The van der Waals surface area contributed by atoms with Gasteiger partial charge in [-0.3, -0.25) is 9.59 Å². The molecule has 0 radical (unpaired) electrons. The summed E-state index contributed by atoms with van der Waals surface area (Å²) in [6, 6.07) is 13.4. The lowest BCUT2D eigenvalue weighted by molar-refractivity contribution is -0.130. The van der Waals surface area contributed by atoms with Gasteiger partial charge in [-0.05, 0) is 19.1 Å². The summed E-state index contributed by atoms with van der Waals surface area (Å²) >= 11 is 0. The first-order valence-corrected chi connectivity index (χ1v) is 9.85. The van der Waals surface area contributed by atoms with Gasteiger partial charge in [-0.2, -0.15) is 0 Å². The van der Waals surface area contributed by atoms with Crippen LogP contribution in [0.4, 0.5) is 0 Å². The number of hydrogen-bond donors (Lipinski definition) is 0. The molecule has 1 aliphatic rings. The van der Waals surface area contributed by atoms with Gasteiger partial charge in [0.2, 0.25) is 5.91 Å². The highest BCUT2D eigenvalue weighted by atomic mass is 16.5. The molecule has 1 fully saturated rings. The van der Waals surface area contributed by atoms with Crippen LogP contribution < -0.4 is 4.74 Å². The molecular weight excluding hydrogens is 370 g/mol. The molecule has 0 spiro atoms. The molecule has 0 unspecified atom stereocenters. The summed E-state index contributed by atoms with van der Waals surface area (Å²) < 4.78 is 13.6. The number of fused-ring (bicyclic) bond motifs is 1. The first-order valence-electron chi connectivity index (χ1n) is 9.85. The summed E-state index contributed by atoms with van der Waals surface area (Å²) in [5.41, 5.74) is 2.18. The zero-order chi connectivity index (χ0) is 20.4. The van der Waals surface area contributed by atoms with Gasteiger partial charge in [0.1, 0.15) is 23.8 Å². The first-order chi connectivity index (χ1) is 14.0. The zero-order valence-corrected chi connectivity index (χ0v) is 16.8. The number of furan rings is 1. The third-order valence-electron chi connectivity index (χ3n) is 5.27. The number of carbonyl (C=O) groups excluding carboxylic acids is 2. The number of para-hydroxylation sites is 1. The van der Waals surface area contributed by atoms with Gasteiger partial charge in [0.15, 0.2) is 5.58 Å². The van der Waals surface area contributed by atoms with E-state index in [4.69, 9.17) is 9.15 Å². The SMILES string of the molecule is CC(=O)N1CCN(C(=O)c2cc3oc(C)cc3n2CCOc2ccccc2)CC1. The van der Waals surface area contributed by atoms with Crippen molar-refractivity contribution in [3.8, 4) is 5.75 Å². The summed E-state index contributed by atoms with van der Waals surface area (Å²) in [7, 11) is 0. The Hall–Kier alpha value is -3.22. The van der Waals surface area contributed by atoms with Crippen LogP contribution in [0.3, 0.4) is 0 Å². The Morgan fingerprint density at radius 2 is 1.72 bits per heavy atom. The monoisotopic (exact) mass is 395 g/mol. The van der Waals surface area contributed by atoms with Crippen molar-refractivity contribution in [2.45, 2.75) is 20.4 Å². The van der Waals surface area contributed by atoms with Crippen LogP contribution in [0, 0.1) is 6.92 Å². The molecular formula is C22H25N3O4. The molecule has 0 saturated carbocycles. The maximum Gasteiger partial charge on any atom is 0.270 e. The summed E-state index contributed by atoms with van der Waals surface area (Å²) in [6.45, 7) is 6.62. The van der Waals surface area contributed by atoms with Gasteiger partial charge in [0.05, 0.1) is 12.1 Å². The number of benzene rings is 1. The Balaban J connectivity index is 1.52. The van der Waals surface area contributed by atoms with Gasteiger partial charge in [0.25, 0.3) is 5.91 Å². The van der Waals surface area contributed by atoms with Crippen molar-refractivity contribution >= 4 is 22.9 Å². The predicted octanol–water partition coefficient (Wildman–Crippen LogP) is 2.93. The van der Waals surface area contributed by atoms with Gasteiger partial charge in [0, 0.05) is 45.2 Å². The van der Waals surface area contributed by atoms with E-state index in [1.807, 2.05) is 54.0 Å². The van der Waals surface area contributed by atoms with Gasteiger partial charge in [-0.1, -0.05) is 18.2 Å². The van der Waals surface area contributed by atoms with E-state index >= 15 is 0 Å². The topological polar surface area (TPSA) is 67.9 Å². The molecule has 3 aromatic rings. The molecule has 0 atom stereocenters. The minimum atomic E-state index is -0.0445. The Labute approximate surface area is 169 Å². The summed E-state index contributed by atoms with van der Waals surface area (Å²) in [5.74, 6) is 1.61. The lowest BCUT2D eigenvalue weighted by Gasteiger charge is -2.34. The van der Waals surface area contributed by atoms with E-state index in [1.54, 1.807) is 16.7 Å². The highest BCUT2D eigenvalue weighted by molar-refractivity contribution is 5.97. The molecule has 29 heavy (non-hydrogen) atoms. The standard InChI is InChI=1S/C22H25N3O4/c1-16-14-19-21(29-16)15-20(22(27)24-10-8-23(9-11-24)17(2)26)25(19)12-13-28-18-6-4-3-5-7-18/h3-7,14-15H,8-13H2,1-2H3. The second-order valence-electron chi connectivity index (χ2n) is 7.25. The van der Waals surface area contributed by atoms with Gasteiger partial charge >= 0.3 is 0 Å². The van der Waals surface area contributed by atoms with Crippen LogP contribution >= 0.6 is 0 Å². The largest absolute Gasteiger partial charge is 0.492 e. The molecule has 0 N–H and O–H groups in total. The second kappa shape index (κ2) is 8.03. The van der Waals surface area contributed by atoms with E-state index < -0.39 is 0 Å². The maximum absolute atomic E-state index is 13.2. The fraction of sp³-hybridized carbons (Fsp3) is 0.364. The molecule has 7 nitrogen and oxygen atoms in total. The van der Waals surface area contributed by atoms with E-state index in [9.17, 15) is 9.59 Å². The van der Waals surface area contributed by atoms with E-state index in [2.05, 4.69) is 0 Å². The lowest BCUT2D eigenvalue weighted by atomic mass is 10.2. The number of ether oxygens (including phenoxy) is 1. The van der Waals surface area contributed by atoms with Gasteiger partial charge in [-0.15, -0.1) is 0 Å². The molecule has 1 aromatic carbocycles. The summed E-state index contributed by atoms with van der Waals surface area (Å²) in [5, 5.41) is 0. The maximum atomic E-state index is 13.2. The molecule has 7 heteroatoms. The number of nitrogens with zero attached hydrogens (tertiary/aromatic N) is 3. The van der Waals surface area contributed by atoms with E-state index in [0.29, 0.717) is 50.6 Å². The number of carbonyl (C=O) groups is 2. The zero-order valence-electron chi connectivity index (χ0n) is 16.8. The molecule has 3 heterocycles. The summed E-state index contributed by atoms with van der Waals surface area (Å²) in [6.07, 6.45) is 0. The van der Waals surface area contributed by atoms with Crippen LogP contribution in [-0.4, -0.2) is 59.0 Å².